The largest absolute Gasteiger partial charge is 0 e. The van der Waals surface area contributed by atoms with Crippen LogP contribution in [0, 0.1) is 0 Å². The molecule has 0 aliphatic heterocycles. The molecule has 0 atom stereocenters. The molecule has 0 aliphatic carbocycles. The molecular formula is CoCuNiPt. The smallest absolute Gasteiger partial charge is 0 e. The van der Waals surface area contributed by atoms with Crippen LogP contribution in [0.5, 0.6) is 0 Å². The third-order valence-electron chi connectivity index (χ3n) is 0. The van der Waals surface area contributed by atoms with Crippen LogP contribution in [0.1, 0.15) is 0 Å². The molecule has 0 aromatic carbocycles. The molecule has 4 heteroatoms. The van der Waals surface area contributed by atoms with Crippen molar-refractivity contribution in [2.75, 3.05) is 0 Å². The summed E-state index contributed by atoms with van der Waals surface area (Å²) in [4.78, 5) is 0. The standard InChI is InChI=1S/Co.Cu.Ni.Pt. The first-order valence-corrected chi connectivity index (χ1v) is 0. The van der Waals surface area contributed by atoms with E-state index in [1.54, 1.807) is 0 Å². The summed E-state index contributed by atoms with van der Waals surface area (Å²) >= 11 is 0. The van der Waals surface area contributed by atoms with Gasteiger partial charge in [-0.05, 0) is 0 Å². The third-order valence-corrected chi connectivity index (χ3v) is 0. The van der Waals surface area contributed by atoms with Gasteiger partial charge < -0.3 is 0 Å². The van der Waals surface area contributed by atoms with E-state index in [2.05, 4.69) is 0 Å². The Bertz CT molecular complexity index is 8.00. The topological polar surface area (TPSA) is 0 Å². The predicted molar refractivity (Wildman–Crippen MR) is 0 cm³/mol. The van der Waals surface area contributed by atoms with E-state index in [1.807, 2.05) is 0 Å². The van der Waals surface area contributed by atoms with Gasteiger partial charge in [0.2, 0.25) is 0 Å². The summed E-state index contributed by atoms with van der Waals surface area (Å²) in [5.41, 5.74) is 0. The van der Waals surface area contributed by atoms with Crippen LogP contribution in [0.15, 0.2) is 0 Å². The van der Waals surface area contributed by atoms with Crippen molar-refractivity contribution in [3.63, 3.8) is 0 Å². The second kappa shape index (κ2) is 18.9. The maximum Gasteiger partial charge on any atom is 0 e. The molecule has 0 aromatic heterocycles. The van der Waals surface area contributed by atoms with Gasteiger partial charge in [-0.2, -0.15) is 0 Å². The molecule has 0 fully saturated rings. The SMILES string of the molecule is [Co].[Cu].[Ni].[Pt]. The fourth-order valence-electron chi connectivity index (χ4n) is 0. The summed E-state index contributed by atoms with van der Waals surface area (Å²) in [6, 6.07) is 0. The molecule has 0 unspecified atom stereocenters. The van der Waals surface area contributed by atoms with Crippen LogP contribution in [0.2, 0.25) is 0 Å². The number of hydrogen-bond acceptors (Lipinski definition) is 0. The van der Waals surface area contributed by atoms with E-state index in [0.717, 1.165) is 0 Å². The summed E-state index contributed by atoms with van der Waals surface area (Å²) < 4.78 is 0. The first kappa shape index (κ1) is 34.5. The number of hydrogen-bond donors (Lipinski definition) is 0. The maximum absolute atomic E-state index is 0. The van der Waals surface area contributed by atoms with E-state index in [0.29, 0.717) is 0 Å². The molecule has 0 rings (SSSR count). The van der Waals surface area contributed by atoms with Crippen LogP contribution < -0.4 is 0 Å². The van der Waals surface area contributed by atoms with Crippen molar-refractivity contribution in [1.29, 1.82) is 0 Å². The van der Waals surface area contributed by atoms with Crippen molar-refractivity contribution in [2.45, 2.75) is 0 Å². The second-order valence-electron chi connectivity index (χ2n) is 0. The number of rotatable bonds is 0. The normalized spacial score (nSPS) is 0. The van der Waals surface area contributed by atoms with Gasteiger partial charge in [0.15, 0.2) is 0 Å². The van der Waals surface area contributed by atoms with Crippen LogP contribution in [-0.2, 0) is 71.4 Å². The summed E-state index contributed by atoms with van der Waals surface area (Å²) in [5.74, 6) is 0. The van der Waals surface area contributed by atoms with Crippen molar-refractivity contribution < 1.29 is 71.4 Å². The van der Waals surface area contributed by atoms with Crippen LogP contribution in [0.3, 0.4) is 0 Å². The van der Waals surface area contributed by atoms with Gasteiger partial charge in [0.1, 0.15) is 0 Å². The van der Waals surface area contributed by atoms with Gasteiger partial charge in [-0.25, -0.2) is 0 Å². The molecular weight excluding hydrogens is 376 g/mol. The Morgan fingerprint density at radius 1 is 1.00 bits per heavy atom. The second-order valence-corrected chi connectivity index (χ2v) is 0. The molecule has 0 saturated heterocycles. The van der Waals surface area contributed by atoms with Crippen LogP contribution in [0.4, 0.5) is 0 Å². The molecule has 2 radical (unpaired) electrons. The maximum atomic E-state index is 0. The van der Waals surface area contributed by atoms with Gasteiger partial charge in [0.25, 0.3) is 0 Å². The van der Waals surface area contributed by atoms with E-state index in [9.17, 15) is 0 Å². The Morgan fingerprint density at radius 3 is 1.00 bits per heavy atom. The van der Waals surface area contributed by atoms with Gasteiger partial charge in [-0.1, -0.05) is 0 Å². The molecule has 0 heterocycles. The Hall–Kier alpha value is 2.21. The Morgan fingerprint density at radius 2 is 1.00 bits per heavy atom. The van der Waals surface area contributed by atoms with E-state index in [-0.39, 0.29) is 71.4 Å². The zero-order valence-electron chi connectivity index (χ0n) is 1.27. The molecule has 0 aromatic rings. The van der Waals surface area contributed by atoms with E-state index in [1.165, 1.54) is 0 Å². The van der Waals surface area contributed by atoms with Crippen LogP contribution in [0.25, 0.3) is 0 Å². The molecule has 0 saturated carbocycles. The molecule has 0 amide bonds. The average molecular weight is 376 g/mol. The molecule has 0 nitrogen and oxygen atoms in total. The van der Waals surface area contributed by atoms with E-state index in [4.69, 9.17) is 0 Å². The predicted octanol–water partition coefficient (Wildman–Crippen LogP) is -0.0100. The van der Waals surface area contributed by atoms with Crippen LogP contribution in [-0.4, -0.2) is 0 Å². The first-order valence-electron chi connectivity index (χ1n) is 0. The summed E-state index contributed by atoms with van der Waals surface area (Å²) in [5, 5.41) is 0. The Balaban J connectivity index is 0. The van der Waals surface area contributed by atoms with Gasteiger partial charge in [-0.15, -0.1) is 0 Å². The van der Waals surface area contributed by atoms with Crippen molar-refractivity contribution >= 4 is 0 Å². The molecule has 40 valence electrons. The third kappa shape index (κ3) is 8.88. The Labute approximate surface area is 70.7 Å². The summed E-state index contributed by atoms with van der Waals surface area (Å²) in [6.45, 7) is 0. The van der Waals surface area contributed by atoms with Crippen LogP contribution >= 0.6 is 0 Å². The molecule has 0 N–H and O–H groups in total. The molecule has 0 bridgehead atoms. The minimum atomic E-state index is 0. The molecule has 0 aliphatic rings. The zero-order chi connectivity index (χ0) is 0. The average Bonchev–Trinajstić information content (AvgIpc) is 0. The first-order chi connectivity index (χ1) is 0. The van der Waals surface area contributed by atoms with E-state index >= 15 is 0 Å². The van der Waals surface area contributed by atoms with Gasteiger partial charge >= 0.3 is 0 Å². The fourth-order valence-corrected chi connectivity index (χ4v) is 0. The van der Waals surface area contributed by atoms with Crippen molar-refractivity contribution in [3.8, 4) is 0 Å². The minimum absolute atomic E-state index is 0. The van der Waals surface area contributed by atoms with Gasteiger partial charge in [0, 0.05) is 71.4 Å². The quantitative estimate of drug-likeness (QED) is 0.522. The molecule has 4 heavy (non-hydrogen) atoms. The van der Waals surface area contributed by atoms with Crippen molar-refractivity contribution in [2.24, 2.45) is 0 Å². The minimum Gasteiger partial charge on any atom is 0 e. The van der Waals surface area contributed by atoms with Gasteiger partial charge in [0.05, 0.1) is 0 Å². The Kier molecular flexibility index (Phi) is 163. The summed E-state index contributed by atoms with van der Waals surface area (Å²) in [6.07, 6.45) is 0. The van der Waals surface area contributed by atoms with E-state index < -0.39 is 0 Å². The zero-order valence-corrected chi connectivity index (χ0v) is 6.51. The van der Waals surface area contributed by atoms with Gasteiger partial charge in [-0.3, -0.25) is 0 Å². The summed E-state index contributed by atoms with van der Waals surface area (Å²) in [7, 11) is 0. The molecule has 0 spiro atoms. The van der Waals surface area contributed by atoms with Crippen molar-refractivity contribution in [1.82, 2.24) is 0 Å². The van der Waals surface area contributed by atoms with Crippen molar-refractivity contribution in [3.05, 3.63) is 0 Å². The fraction of sp³-hybridized carbons (Fsp3) is 0. The monoisotopic (exact) mass is 375 g/mol.